The van der Waals surface area contributed by atoms with Gasteiger partial charge in [-0.15, -0.1) is 24.0 Å². The minimum Gasteiger partial charge on any atom is -0.467 e. The molecule has 3 N–H and O–H groups in total. The van der Waals surface area contributed by atoms with Crippen LogP contribution in [0.15, 0.2) is 56.5 Å². The van der Waals surface area contributed by atoms with Crippen LogP contribution in [0.2, 0.25) is 0 Å². The number of rotatable bonds is 7. The van der Waals surface area contributed by atoms with E-state index in [2.05, 4.69) is 60.7 Å². The van der Waals surface area contributed by atoms with Crippen LogP contribution in [0, 0.1) is 0 Å². The molecule has 1 fully saturated rings. The van der Waals surface area contributed by atoms with Gasteiger partial charge in [0, 0.05) is 36.7 Å². The van der Waals surface area contributed by atoms with E-state index >= 15 is 0 Å². The van der Waals surface area contributed by atoms with Gasteiger partial charge in [-0.3, -0.25) is 9.89 Å². The SMILES string of the molecule is CCNC(=NCC(O)c1ccco1)NC1CCN(Cc2ccc(Br)cc2)CC1.I. The van der Waals surface area contributed by atoms with Crippen molar-refractivity contribution in [3.63, 3.8) is 0 Å². The van der Waals surface area contributed by atoms with Crippen molar-refractivity contribution in [2.45, 2.75) is 38.5 Å². The molecule has 1 atom stereocenters. The molecule has 3 rings (SSSR count). The standard InChI is InChI=1S/C21H29BrN4O2.HI/c1-2-23-21(24-14-19(27)20-4-3-13-28-20)25-18-9-11-26(12-10-18)15-16-5-7-17(22)8-6-16;/h3-8,13,18-19,27H,2,9-12,14-15H2,1H3,(H2,23,24,25);1H. The van der Waals surface area contributed by atoms with Gasteiger partial charge in [-0.05, 0) is 49.6 Å². The fourth-order valence-electron chi connectivity index (χ4n) is 3.35. The zero-order valence-corrected chi connectivity index (χ0v) is 20.6. The van der Waals surface area contributed by atoms with Crippen molar-refractivity contribution in [3.8, 4) is 0 Å². The topological polar surface area (TPSA) is 73.0 Å². The third-order valence-electron chi connectivity index (χ3n) is 4.89. The lowest BCUT2D eigenvalue weighted by atomic mass is 10.0. The summed E-state index contributed by atoms with van der Waals surface area (Å²) >= 11 is 3.49. The van der Waals surface area contributed by atoms with Gasteiger partial charge in [0.05, 0.1) is 12.8 Å². The average molecular weight is 577 g/mol. The summed E-state index contributed by atoms with van der Waals surface area (Å²) in [7, 11) is 0. The molecule has 0 aliphatic carbocycles. The van der Waals surface area contributed by atoms with Crippen LogP contribution in [0.3, 0.4) is 0 Å². The Bertz CT molecular complexity index is 732. The Morgan fingerprint density at radius 1 is 1.28 bits per heavy atom. The number of aliphatic hydroxyl groups excluding tert-OH is 1. The van der Waals surface area contributed by atoms with Gasteiger partial charge in [0.2, 0.25) is 0 Å². The molecule has 2 aromatic rings. The zero-order valence-electron chi connectivity index (χ0n) is 16.7. The summed E-state index contributed by atoms with van der Waals surface area (Å²) in [4.78, 5) is 7.02. The Labute approximate surface area is 198 Å². The number of aliphatic imine (C=N–C) groups is 1. The molecule has 160 valence electrons. The predicted molar refractivity (Wildman–Crippen MR) is 131 cm³/mol. The van der Waals surface area contributed by atoms with Crippen LogP contribution in [0.4, 0.5) is 0 Å². The number of likely N-dealkylation sites (tertiary alicyclic amines) is 1. The number of furan rings is 1. The molecule has 2 heterocycles. The highest BCUT2D eigenvalue weighted by Gasteiger charge is 2.20. The quantitative estimate of drug-likeness (QED) is 0.265. The largest absolute Gasteiger partial charge is 0.467 e. The van der Waals surface area contributed by atoms with E-state index in [4.69, 9.17) is 4.42 Å². The van der Waals surface area contributed by atoms with Crippen molar-refractivity contribution in [1.82, 2.24) is 15.5 Å². The second-order valence-electron chi connectivity index (χ2n) is 7.07. The Balaban J connectivity index is 0.00000300. The summed E-state index contributed by atoms with van der Waals surface area (Å²) in [6.07, 6.45) is 2.98. The minimum absolute atomic E-state index is 0. The molecule has 1 saturated heterocycles. The lowest BCUT2D eigenvalue weighted by molar-refractivity contribution is 0.158. The van der Waals surface area contributed by atoms with E-state index in [-0.39, 0.29) is 30.5 Å². The van der Waals surface area contributed by atoms with Gasteiger partial charge in [-0.25, -0.2) is 0 Å². The molecule has 1 aliphatic rings. The van der Waals surface area contributed by atoms with Crippen LogP contribution in [0.5, 0.6) is 0 Å². The molecule has 1 aliphatic heterocycles. The molecule has 0 spiro atoms. The van der Waals surface area contributed by atoms with Gasteiger partial charge in [0.25, 0.3) is 0 Å². The maximum atomic E-state index is 10.2. The molecule has 1 aromatic heterocycles. The average Bonchev–Trinajstić information content (AvgIpc) is 3.24. The van der Waals surface area contributed by atoms with Crippen LogP contribution >= 0.6 is 39.9 Å². The van der Waals surface area contributed by atoms with Crippen LogP contribution in [-0.4, -0.2) is 48.2 Å². The van der Waals surface area contributed by atoms with Crippen molar-refractivity contribution in [2.75, 3.05) is 26.2 Å². The Morgan fingerprint density at radius 3 is 2.62 bits per heavy atom. The number of nitrogens with one attached hydrogen (secondary N) is 2. The highest BCUT2D eigenvalue weighted by Crippen LogP contribution is 2.17. The van der Waals surface area contributed by atoms with Gasteiger partial charge >= 0.3 is 0 Å². The van der Waals surface area contributed by atoms with Crippen molar-refractivity contribution in [3.05, 3.63) is 58.5 Å². The monoisotopic (exact) mass is 576 g/mol. The summed E-state index contributed by atoms with van der Waals surface area (Å²) < 4.78 is 6.35. The number of benzene rings is 1. The molecule has 8 heteroatoms. The molecule has 1 aromatic carbocycles. The summed E-state index contributed by atoms with van der Waals surface area (Å²) in [6.45, 7) is 6.20. The fourth-order valence-corrected chi connectivity index (χ4v) is 3.61. The maximum Gasteiger partial charge on any atom is 0.191 e. The molecule has 0 amide bonds. The molecule has 1 unspecified atom stereocenters. The Hall–Kier alpha value is -1.10. The predicted octanol–water partition coefficient (Wildman–Crippen LogP) is 3.91. The third kappa shape index (κ3) is 7.92. The van der Waals surface area contributed by atoms with Crippen molar-refractivity contribution in [1.29, 1.82) is 0 Å². The van der Waals surface area contributed by atoms with E-state index in [1.807, 2.05) is 6.92 Å². The van der Waals surface area contributed by atoms with Crippen LogP contribution < -0.4 is 10.6 Å². The molecular formula is C21H30BrIN4O2. The Morgan fingerprint density at radius 2 is 2.00 bits per heavy atom. The summed E-state index contributed by atoms with van der Waals surface area (Å²) in [5, 5.41) is 16.9. The summed E-state index contributed by atoms with van der Waals surface area (Å²) in [5.74, 6) is 1.29. The first-order valence-corrected chi connectivity index (χ1v) is 10.7. The van der Waals surface area contributed by atoms with Gasteiger partial charge < -0.3 is 20.2 Å². The van der Waals surface area contributed by atoms with Crippen LogP contribution in [-0.2, 0) is 6.54 Å². The highest BCUT2D eigenvalue weighted by molar-refractivity contribution is 14.0. The molecule has 29 heavy (non-hydrogen) atoms. The number of hydrogen-bond donors (Lipinski definition) is 3. The molecular weight excluding hydrogens is 547 g/mol. The lowest BCUT2D eigenvalue weighted by Crippen LogP contribution is -2.48. The van der Waals surface area contributed by atoms with Gasteiger partial charge in [0.1, 0.15) is 11.9 Å². The smallest absolute Gasteiger partial charge is 0.191 e. The summed E-state index contributed by atoms with van der Waals surface area (Å²) in [6, 6.07) is 12.5. The van der Waals surface area contributed by atoms with E-state index in [1.165, 1.54) is 5.56 Å². The van der Waals surface area contributed by atoms with Crippen molar-refractivity contribution >= 4 is 45.9 Å². The van der Waals surface area contributed by atoms with E-state index in [0.717, 1.165) is 49.5 Å². The minimum atomic E-state index is -0.724. The van der Waals surface area contributed by atoms with Crippen molar-refractivity contribution in [2.24, 2.45) is 4.99 Å². The number of guanidine groups is 1. The highest BCUT2D eigenvalue weighted by atomic mass is 127. The van der Waals surface area contributed by atoms with Gasteiger partial charge in [-0.1, -0.05) is 28.1 Å². The van der Waals surface area contributed by atoms with Gasteiger partial charge in [0.15, 0.2) is 5.96 Å². The molecule has 0 radical (unpaired) electrons. The number of nitrogens with zero attached hydrogens (tertiary/aromatic N) is 2. The van der Waals surface area contributed by atoms with Gasteiger partial charge in [-0.2, -0.15) is 0 Å². The molecule has 0 saturated carbocycles. The second-order valence-corrected chi connectivity index (χ2v) is 7.99. The number of hydrogen-bond acceptors (Lipinski definition) is 4. The second kappa shape index (κ2) is 12.6. The van der Waals surface area contributed by atoms with Crippen LogP contribution in [0.1, 0.15) is 37.2 Å². The number of piperidine rings is 1. The molecule has 6 nitrogen and oxygen atoms in total. The van der Waals surface area contributed by atoms with E-state index in [1.54, 1.807) is 18.4 Å². The number of halogens is 2. The first kappa shape index (κ1) is 24.2. The maximum absolute atomic E-state index is 10.2. The summed E-state index contributed by atoms with van der Waals surface area (Å²) in [5.41, 5.74) is 1.34. The third-order valence-corrected chi connectivity index (χ3v) is 5.41. The lowest BCUT2D eigenvalue weighted by Gasteiger charge is -2.33. The Kier molecular flexibility index (Phi) is 10.5. The van der Waals surface area contributed by atoms with Crippen molar-refractivity contribution < 1.29 is 9.52 Å². The first-order valence-electron chi connectivity index (χ1n) is 9.87. The first-order chi connectivity index (χ1) is 13.6. The fraction of sp³-hybridized carbons (Fsp3) is 0.476. The number of aliphatic hydroxyl groups is 1. The normalized spacial score (nSPS) is 16.9. The van der Waals surface area contributed by atoms with E-state index < -0.39 is 6.10 Å². The molecule has 0 bridgehead atoms. The van der Waals surface area contributed by atoms with Crippen LogP contribution in [0.25, 0.3) is 0 Å². The van der Waals surface area contributed by atoms with E-state index in [9.17, 15) is 5.11 Å². The van der Waals surface area contributed by atoms with E-state index in [0.29, 0.717) is 11.8 Å². The zero-order chi connectivity index (χ0) is 19.8.